The lowest BCUT2D eigenvalue weighted by molar-refractivity contribution is 0.0623. The summed E-state index contributed by atoms with van der Waals surface area (Å²) in [6.07, 6.45) is 3.19. The second kappa shape index (κ2) is 8.35. The van der Waals surface area contributed by atoms with E-state index in [0.717, 1.165) is 25.3 Å². The van der Waals surface area contributed by atoms with E-state index in [1.165, 1.54) is 6.20 Å². The minimum atomic E-state index is -2.60. The molecule has 0 unspecified atom stereocenters. The Labute approximate surface area is 149 Å². The van der Waals surface area contributed by atoms with Crippen molar-refractivity contribution in [3.8, 4) is 0 Å². The number of piperazine rings is 1. The van der Waals surface area contributed by atoms with Crippen molar-refractivity contribution in [3.05, 3.63) is 54.0 Å². The first-order chi connectivity index (χ1) is 12.1. The molecule has 2 aromatic rings. The molecule has 132 valence electrons. The highest BCUT2D eigenvalue weighted by Gasteiger charge is 2.25. The molecule has 1 amide bonds. The smallest absolute Gasteiger partial charge is 0.290 e. The van der Waals surface area contributed by atoms with Gasteiger partial charge in [0, 0.05) is 45.1 Å². The highest BCUT2D eigenvalue weighted by molar-refractivity contribution is 7.99. The zero-order valence-electron chi connectivity index (χ0n) is 13.5. The first-order valence-electron chi connectivity index (χ1n) is 7.95. The highest BCUT2D eigenvalue weighted by Crippen LogP contribution is 2.27. The van der Waals surface area contributed by atoms with Gasteiger partial charge in [-0.1, -0.05) is 6.07 Å². The molecule has 5 nitrogen and oxygen atoms in total. The van der Waals surface area contributed by atoms with Gasteiger partial charge in [-0.15, -0.1) is 0 Å². The number of halogens is 2. The predicted octanol–water partition coefficient (Wildman–Crippen LogP) is 2.75. The second-order valence-corrected chi connectivity index (χ2v) is 6.60. The Hall–Kier alpha value is -2.06. The van der Waals surface area contributed by atoms with E-state index in [4.69, 9.17) is 0 Å². The van der Waals surface area contributed by atoms with Gasteiger partial charge < -0.3 is 4.90 Å². The van der Waals surface area contributed by atoms with Gasteiger partial charge in [0.1, 0.15) is 5.03 Å². The van der Waals surface area contributed by atoms with Gasteiger partial charge in [-0.25, -0.2) is 4.98 Å². The molecule has 1 aliphatic heterocycles. The topological polar surface area (TPSA) is 49.3 Å². The summed E-state index contributed by atoms with van der Waals surface area (Å²) in [5.74, 6) is -2.84. The molecule has 0 N–H and O–H groups in total. The van der Waals surface area contributed by atoms with Crippen LogP contribution in [0.25, 0.3) is 0 Å². The van der Waals surface area contributed by atoms with Gasteiger partial charge in [-0.2, -0.15) is 8.78 Å². The molecule has 3 rings (SSSR count). The van der Waals surface area contributed by atoms with Crippen LogP contribution >= 0.6 is 11.8 Å². The molecule has 1 aliphatic rings. The van der Waals surface area contributed by atoms with Gasteiger partial charge in [0.15, 0.2) is 0 Å². The number of rotatable bonds is 5. The summed E-state index contributed by atoms with van der Waals surface area (Å²) in [6, 6.07) is 8.96. The van der Waals surface area contributed by atoms with Crippen LogP contribution in [0.2, 0.25) is 0 Å². The molecule has 0 saturated carbocycles. The standard InChI is InChI=1S/C17H18F2N4OS/c18-17(19)25-15-14(5-3-7-21-15)16(24)23-10-8-22(9-11-23)12-13-4-1-2-6-20-13/h1-7,17H,8-12H2. The molecular weight excluding hydrogens is 346 g/mol. The number of carbonyl (C=O) groups is 1. The summed E-state index contributed by atoms with van der Waals surface area (Å²) < 4.78 is 25.3. The maximum atomic E-state index is 12.7. The van der Waals surface area contributed by atoms with Crippen molar-refractivity contribution in [1.82, 2.24) is 19.8 Å². The van der Waals surface area contributed by atoms with Crippen molar-refractivity contribution in [2.24, 2.45) is 0 Å². The van der Waals surface area contributed by atoms with Crippen LogP contribution in [0.5, 0.6) is 0 Å². The lowest BCUT2D eigenvalue weighted by Crippen LogP contribution is -2.48. The molecule has 2 aromatic heterocycles. The minimum absolute atomic E-state index is 0.0819. The van der Waals surface area contributed by atoms with E-state index < -0.39 is 5.76 Å². The van der Waals surface area contributed by atoms with E-state index in [1.807, 2.05) is 18.2 Å². The van der Waals surface area contributed by atoms with Crippen molar-refractivity contribution in [1.29, 1.82) is 0 Å². The summed E-state index contributed by atoms with van der Waals surface area (Å²) in [5, 5.41) is 0.0819. The quantitative estimate of drug-likeness (QED) is 0.764. The third-order valence-electron chi connectivity index (χ3n) is 3.97. The Morgan fingerprint density at radius 1 is 1.08 bits per heavy atom. The molecule has 1 fully saturated rings. The average Bonchev–Trinajstić information content (AvgIpc) is 2.63. The minimum Gasteiger partial charge on any atom is -0.336 e. The van der Waals surface area contributed by atoms with Crippen LogP contribution in [0.4, 0.5) is 8.78 Å². The van der Waals surface area contributed by atoms with E-state index in [-0.39, 0.29) is 16.5 Å². The monoisotopic (exact) mass is 364 g/mol. The zero-order valence-corrected chi connectivity index (χ0v) is 14.3. The molecule has 25 heavy (non-hydrogen) atoms. The summed E-state index contributed by atoms with van der Waals surface area (Å²) in [5.41, 5.74) is 1.23. The predicted molar refractivity (Wildman–Crippen MR) is 91.5 cm³/mol. The van der Waals surface area contributed by atoms with E-state index in [2.05, 4.69) is 14.9 Å². The highest BCUT2D eigenvalue weighted by atomic mass is 32.2. The zero-order chi connectivity index (χ0) is 17.6. The van der Waals surface area contributed by atoms with Crippen molar-refractivity contribution >= 4 is 17.7 Å². The number of hydrogen-bond acceptors (Lipinski definition) is 5. The summed E-state index contributed by atoms with van der Waals surface area (Å²) >= 11 is 0.309. The molecular formula is C17H18F2N4OS. The Morgan fingerprint density at radius 3 is 2.52 bits per heavy atom. The molecule has 0 bridgehead atoms. The van der Waals surface area contributed by atoms with Crippen molar-refractivity contribution in [2.75, 3.05) is 26.2 Å². The van der Waals surface area contributed by atoms with Crippen molar-refractivity contribution in [2.45, 2.75) is 17.3 Å². The number of nitrogens with zero attached hydrogens (tertiary/aromatic N) is 4. The van der Waals surface area contributed by atoms with Crippen LogP contribution in [0, 0.1) is 0 Å². The number of thioether (sulfide) groups is 1. The maximum absolute atomic E-state index is 12.7. The number of pyridine rings is 2. The van der Waals surface area contributed by atoms with E-state index in [9.17, 15) is 13.6 Å². The summed E-state index contributed by atoms with van der Waals surface area (Å²) in [4.78, 5) is 24.8. The van der Waals surface area contributed by atoms with Gasteiger partial charge in [-0.3, -0.25) is 14.7 Å². The maximum Gasteiger partial charge on any atom is 0.290 e. The lowest BCUT2D eigenvalue weighted by atomic mass is 10.2. The van der Waals surface area contributed by atoms with Crippen LogP contribution in [-0.2, 0) is 6.54 Å². The molecule has 0 radical (unpaired) electrons. The van der Waals surface area contributed by atoms with E-state index >= 15 is 0 Å². The molecule has 0 aliphatic carbocycles. The summed E-state index contributed by atoms with van der Waals surface area (Å²) in [6.45, 7) is 3.29. The molecule has 8 heteroatoms. The van der Waals surface area contributed by atoms with Crippen LogP contribution in [0.15, 0.2) is 47.8 Å². The summed E-state index contributed by atoms with van der Waals surface area (Å²) in [7, 11) is 0. The number of alkyl halides is 2. The van der Waals surface area contributed by atoms with Crippen LogP contribution in [-0.4, -0.2) is 57.6 Å². The first-order valence-corrected chi connectivity index (χ1v) is 8.83. The van der Waals surface area contributed by atoms with Gasteiger partial charge in [0.05, 0.1) is 11.3 Å². The number of hydrogen-bond donors (Lipinski definition) is 0. The third kappa shape index (κ3) is 4.73. The molecule has 3 heterocycles. The van der Waals surface area contributed by atoms with Crippen LogP contribution in [0.3, 0.4) is 0 Å². The lowest BCUT2D eigenvalue weighted by Gasteiger charge is -2.34. The van der Waals surface area contributed by atoms with Gasteiger partial charge in [0.2, 0.25) is 0 Å². The van der Waals surface area contributed by atoms with E-state index in [1.54, 1.807) is 23.2 Å². The molecule has 1 saturated heterocycles. The van der Waals surface area contributed by atoms with Gasteiger partial charge >= 0.3 is 0 Å². The molecule has 0 spiro atoms. The van der Waals surface area contributed by atoms with Gasteiger partial charge in [-0.05, 0) is 36.0 Å². The SMILES string of the molecule is O=C(c1cccnc1SC(F)F)N1CCN(Cc2ccccn2)CC1. The Morgan fingerprint density at radius 2 is 1.84 bits per heavy atom. The second-order valence-electron chi connectivity index (χ2n) is 5.62. The Kier molecular flexibility index (Phi) is 5.93. The van der Waals surface area contributed by atoms with Crippen LogP contribution < -0.4 is 0 Å². The number of carbonyl (C=O) groups excluding carboxylic acids is 1. The fourth-order valence-corrected chi connectivity index (χ4v) is 3.30. The fourth-order valence-electron chi connectivity index (χ4n) is 2.73. The van der Waals surface area contributed by atoms with Gasteiger partial charge in [0.25, 0.3) is 11.7 Å². The first kappa shape index (κ1) is 17.8. The Bertz CT molecular complexity index is 709. The third-order valence-corrected chi connectivity index (χ3v) is 4.70. The largest absolute Gasteiger partial charge is 0.336 e. The average molecular weight is 364 g/mol. The van der Waals surface area contributed by atoms with Crippen molar-refractivity contribution in [3.63, 3.8) is 0 Å². The Balaban J connectivity index is 1.60. The van der Waals surface area contributed by atoms with Crippen molar-refractivity contribution < 1.29 is 13.6 Å². The van der Waals surface area contributed by atoms with Crippen LogP contribution in [0.1, 0.15) is 16.1 Å². The molecule has 0 atom stereocenters. The number of aromatic nitrogens is 2. The molecule has 0 aromatic carbocycles. The van der Waals surface area contributed by atoms with E-state index in [0.29, 0.717) is 24.9 Å². The normalized spacial score (nSPS) is 15.6. The number of amides is 1. The fraction of sp³-hybridized carbons (Fsp3) is 0.353.